The first-order valence-corrected chi connectivity index (χ1v) is 12.0. The fourth-order valence-corrected chi connectivity index (χ4v) is 5.73. The van der Waals surface area contributed by atoms with Crippen molar-refractivity contribution >= 4 is 34.0 Å². The summed E-state index contributed by atoms with van der Waals surface area (Å²) < 4.78 is 13.3. The minimum Gasteiger partial charge on any atom is -0.496 e. The lowest BCUT2D eigenvalue weighted by atomic mass is 9.93. The molecule has 0 spiro atoms. The molecule has 35 heavy (non-hydrogen) atoms. The SMILES string of the molecule is COc1ccccc1[C@H]1C(C(C)=O)=C(C)N=c2s/c(=C/c3ccc(OC)c4ccccc34)c(=O)n21. The van der Waals surface area contributed by atoms with Crippen LogP contribution in [0, 0.1) is 0 Å². The van der Waals surface area contributed by atoms with Crippen molar-refractivity contribution in [2.24, 2.45) is 4.99 Å². The fourth-order valence-electron chi connectivity index (χ4n) is 4.70. The lowest BCUT2D eigenvalue weighted by Crippen LogP contribution is -2.39. The topological polar surface area (TPSA) is 69.9 Å². The summed E-state index contributed by atoms with van der Waals surface area (Å²) >= 11 is 1.32. The summed E-state index contributed by atoms with van der Waals surface area (Å²) in [5.41, 5.74) is 2.55. The monoisotopic (exact) mass is 484 g/mol. The Bertz CT molecular complexity index is 1690. The molecule has 0 fully saturated rings. The summed E-state index contributed by atoms with van der Waals surface area (Å²) in [5, 5.41) is 1.96. The van der Waals surface area contributed by atoms with Crippen LogP contribution in [0.4, 0.5) is 0 Å². The number of fused-ring (bicyclic) bond motifs is 2. The molecule has 1 aromatic heterocycles. The van der Waals surface area contributed by atoms with Crippen molar-refractivity contribution in [2.75, 3.05) is 14.2 Å². The number of rotatable bonds is 5. The van der Waals surface area contributed by atoms with Crippen molar-refractivity contribution in [3.8, 4) is 11.5 Å². The highest BCUT2D eigenvalue weighted by Gasteiger charge is 2.32. The number of allylic oxidation sites excluding steroid dienone is 2. The molecule has 0 amide bonds. The Kier molecular flexibility index (Phi) is 5.86. The summed E-state index contributed by atoms with van der Waals surface area (Å²) in [4.78, 5) is 31.8. The van der Waals surface area contributed by atoms with Crippen LogP contribution in [0.3, 0.4) is 0 Å². The Labute approximate surface area is 206 Å². The van der Waals surface area contributed by atoms with Crippen LogP contribution in [0.15, 0.2) is 81.7 Å². The predicted molar refractivity (Wildman–Crippen MR) is 138 cm³/mol. The normalized spacial score (nSPS) is 15.7. The van der Waals surface area contributed by atoms with Gasteiger partial charge in [0, 0.05) is 22.2 Å². The highest BCUT2D eigenvalue weighted by atomic mass is 32.1. The van der Waals surface area contributed by atoms with E-state index in [0.717, 1.165) is 27.6 Å². The molecule has 6 nitrogen and oxygen atoms in total. The third-order valence-electron chi connectivity index (χ3n) is 6.26. The fraction of sp³-hybridized carbons (Fsp3) is 0.179. The van der Waals surface area contributed by atoms with E-state index in [0.29, 0.717) is 26.4 Å². The number of nitrogens with zero attached hydrogens (tertiary/aromatic N) is 2. The number of ether oxygens (including phenoxy) is 2. The molecule has 2 heterocycles. The summed E-state index contributed by atoms with van der Waals surface area (Å²) in [6.07, 6.45) is 1.89. The van der Waals surface area contributed by atoms with Gasteiger partial charge in [-0.1, -0.05) is 59.9 Å². The molecule has 0 aliphatic carbocycles. The molecule has 1 aliphatic rings. The number of hydrogen-bond acceptors (Lipinski definition) is 6. The largest absolute Gasteiger partial charge is 0.496 e. The molecule has 0 bridgehead atoms. The Hall–Kier alpha value is -3.97. The Morgan fingerprint density at radius 1 is 0.971 bits per heavy atom. The van der Waals surface area contributed by atoms with Crippen LogP contribution in [-0.2, 0) is 4.79 Å². The van der Waals surface area contributed by atoms with Gasteiger partial charge in [-0.2, -0.15) is 0 Å². The number of ketones is 1. The number of thiazole rings is 1. The van der Waals surface area contributed by atoms with Gasteiger partial charge in [0.2, 0.25) is 0 Å². The van der Waals surface area contributed by atoms with Crippen molar-refractivity contribution in [1.82, 2.24) is 4.57 Å². The smallest absolute Gasteiger partial charge is 0.271 e. The summed E-state index contributed by atoms with van der Waals surface area (Å²) in [7, 11) is 3.23. The molecule has 0 radical (unpaired) electrons. The molecular formula is C28H24N2O4S. The van der Waals surface area contributed by atoms with Crippen LogP contribution in [0.5, 0.6) is 11.5 Å². The molecule has 1 aliphatic heterocycles. The van der Waals surface area contributed by atoms with E-state index in [2.05, 4.69) is 4.99 Å². The maximum atomic E-state index is 13.8. The number of aromatic nitrogens is 1. The van der Waals surface area contributed by atoms with Crippen LogP contribution in [0.25, 0.3) is 16.8 Å². The molecule has 1 atom stereocenters. The van der Waals surface area contributed by atoms with Crippen LogP contribution in [0.2, 0.25) is 0 Å². The number of methoxy groups -OCH3 is 2. The van der Waals surface area contributed by atoms with E-state index in [1.165, 1.54) is 18.3 Å². The number of benzene rings is 3. The number of hydrogen-bond donors (Lipinski definition) is 0. The van der Waals surface area contributed by atoms with E-state index < -0.39 is 6.04 Å². The van der Waals surface area contributed by atoms with E-state index in [-0.39, 0.29) is 11.3 Å². The van der Waals surface area contributed by atoms with Crippen LogP contribution in [0.1, 0.15) is 31.0 Å². The highest BCUT2D eigenvalue weighted by molar-refractivity contribution is 7.07. The van der Waals surface area contributed by atoms with E-state index in [1.807, 2.05) is 73.7 Å². The van der Waals surface area contributed by atoms with Crippen LogP contribution in [-0.4, -0.2) is 24.6 Å². The van der Waals surface area contributed by atoms with Gasteiger partial charge in [0.25, 0.3) is 5.56 Å². The predicted octanol–water partition coefficient (Wildman–Crippen LogP) is 3.99. The van der Waals surface area contributed by atoms with Crippen LogP contribution < -0.4 is 24.4 Å². The molecule has 0 saturated heterocycles. The standard InChI is InChI=1S/C28H24N2O4S/c1-16-25(17(2)31)26(21-11-7-8-12-22(21)33-3)30-27(32)24(35-28(30)29-16)15-18-13-14-23(34-4)20-10-6-5-9-19(18)20/h5-15,26H,1-4H3/b24-15+/t26-/m0/s1. The summed E-state index contributed by atoms with van der Waals surface area (Å²) in [6, 6.07) is 18.6. The zero-order chi connectivity index (χ0) is 24.7. The van der Waals surface area contributed by atoms with Gasteiger partial charge in [0.05, 0.1) is 24.8 Å². The minimum absolute atomic E-state index is 0.127. The van der Waals surface area contributed by atoms with Gasteiger partial charge in [-0.15, -0.1) is 0 Å². The number of Topliss-reactive ketones (excluding diaryl/α,β-unsaturated/α-hetero) is 1. The maximum Gasteiger partial charge on any atom is 0.271 e. The lowest BCUT2D eigenvalue weighted by molar-refractivity contribution is -0.114. The van der Waals surface area contributed by atoms with Gasteiger partial charge in [0.1, 0.15) is 11.5 Å². The van der Waals surface area contributed by atoms with Gasteiger partial charge < -0.3 is 9.47 Å². The van der Waals surface area contributed by atoms with Crippen molar-refractivity contribution in [3.05, 3.63) is 103 Å². The van der Waals surface area contributed by atoms with Crippen molar-refractivity contribution in [2.45, 2.75) is 19.9 Å². The molecule has 176 valence electrons. The quantitative estimate of drug-likeness (QED) is 0.430. The first-order valence-electron chi connectivity index (χ1n) is 11.2. The van der Waals surface area contributed by atoms with Gasteiger partial charge in [-0.05, 0) is 43.0 Å². The van der Waals surface area contributed by atoms with Gasteiger partial charge in [0.15, 0.2) is 10.6 Å². The van der Waals surface area contributed by atoms with Crippen molar-refractivity contribution in [3.63, 3.8) is 0 Å². The third-order valence-corrected chi connectivity index (χ3v) is 7.24. The van der Waals surface area contributed by atoms with Gasteiger partial charge >= 0.3 is 0 Å². The molecule has 0 unspecified atom stereocenters. The van der Waals surface area contributed by atoms with Crippen molar-refractivity contribution < 1.29 is 14.3 Å². The van der Waals surface area contributed by atoms with Gasteiger partial charge in [-0.3, -0.25) is 14.2 Å². The van der Waals surface area contributed by atoms with E-state index in [9.17, 15) is 9.59 Å². The third kappa shape index (κ3) is 3.78. The Morgan fingerprint density at radius 2 is 1.66 bits per heavy atom. The number of para-hydroxylation sites is 1. The molecule has 3 aromatic carbocycles. The molecule has 4 aromatic rings. The van der Waals surface area contributed by atoms with E-state index in [4.69, 9.17) is 9.47 Å². The molecule has 0 saturated carbocycles. The molecule has 5 rings (SSSR count). The second-order valence-electron chi connectivity index (χ2n) is 8.28. The molecule has 7 heteroatoms. The zero-order valence-electron chi connectivity index (χ0n) is 19.9. The van der Waals surface area contributed by atoms with E-state index >= 15 is 0 Å². The first kappa shape index (κ1) is 22.8. The van der Waals surface area contributed by atoms with Crippen LogP contribution >= 0.6 is 11.3 Å². The van der Waals surface area contributed by atoms with Gasteiger partial charge in [-0.25, -0.2) is 4.99 Å². The lowest BCUT2D eigenvalue weighted by Gasteiger charge is -2.25. The summed E-state index contributed by atoms with van der Waals surface area (Å²) in [5.74, 6) is 1.26. The second kappa shape index (κ2) is 9.00. The summed E-state index contributed by atoms with van der Waals surface area (Å²) in [6.45, 7) is 3.32. The van der Waals surface area contributed by atoms with E-state index in [1.54, 1.807) is 18.8 Å². The number of carbonyl (C=O) groups is 1. The zero-order valence-corrected chi connectivity index (χ0v) is 20.7. The second-order valence-corrected chi connectivity index (χ2v) is 9.29. The maximum absolute atomic E-state index is 13.8. The Morgan fingerprint density at radius 3 is 2.37 bits per heavy atom. The number of carbonyl (C=O) groups excluding carboxylic acids is 1. The highest BCUT2D eigenvalue weighted by Crippen LogP contribution is 2.35. The molecule has 0 N–H and O–H groups in total. The average Bonchev–Trinajstić information content (AvgIpc) is 3.17. The van der Waals surface area contributed by atoms with Crippen molar-refractivity contribution in [1.29, 1.82) is 0 Å². The first-order chi connectivity index (χ1) is 16.9. The minimum atomic E-state index is -0.616. The Balaban J connectivity index is 1.79. The average molecular weight is 485 g/mol. The molecular weight excluding hydrogens is 460 g/mol.